The van der Waals surface area contributed by atoms with Crippen LogP contribution in [0.2, 0.25) is 0 Å². The molecule has 2 amide bonds. The van der Waals surface area contributed by atoms with E-state index >= 15 is 0 Å². The van der Waals surface area contributed by atoms with E-state index in [2.05, 4.69) is 35.6 Å². The third-order valence-corrected chi connectivity index (χ3v) is 4.88. The molecule has 0 radical (unpaired) electrons. The highest BCUT2D eigenvalue weighted by atomic mass is 19.4. The van der Waals surface area contributed by atoms with E-state index < -0.39 is 23.6 Å². The van der Waals surface area contributed by atoms with Crippen molar-refractivity contribution in [2.45, 2.75) is 33.5 Å². The molecule has 0 bridgehead atoms. The number of nitrogens with zero attached hydrogens (tertiary/aromatic N) is 1. The van der Waals surface area contributed by atoms with Crippen molar-refractivity contribution in [3.63, 3.8) is 0 Å². The number of carbonyl (C=O) groups excluding carboxylic acids is 2. The lowest BCUT2D eigenvalue weighted by Gasteiger charge is -2.14. The van der Waals surface area contributed by atoms with Gasteiger partial charge in [-0.25, -0.2) is 5.43 Å². The molecular formula is C28H31F3N4O2. The number of allylic oxidation sites excluding steroid dienone is 5. The van der Waals surface area contributed by atoms with E-state index in [0.717, 1.165) is 17.7 Å². The van der Waals surface area contributed by atoms with Crippen LogP contribution in [0.3, 0.4) is 0 Å². The second kappa shape index (κ2) is 14.2. The smallest absolute Gasteiger partial charge is 0.398 e. The normalized spacial score (nSPS) is 13.6. The number of nitrogens with one attached hydrogen (secondary N) is 2. The van der Waals surface area contributed by atoms with E-state index in [-0.39, 0.29) is 28.9 Å². The average Bonchev–Trinajstić information content (AvgIpc) is 3.02. The summed E-state index contributed by atoms with van der Waals surface area (Å²) in [7, 11) is 0. The van der Waals surface area contributed by atoms with Gasteiger partial charge in [-0.05, 0) is 50.6 Å². The Hall–Kier alpha value is -4.40. The fourth-order valence-corrected chi connectivity index (χ4v) is 3.16. The second-order valence-electron chi connectivity index (χ2n) is 7.61. The van der Waals surface area contributed by atoms with Crippen molar-refractivity contribution in [2.75, 3.05) is 5.73 Å². The lowest BCUT2D eigenvalue weighted by Crippen LogP contribution is -2.25. The highest BCUT2D eigenvalue weighted by molar-refractivity contribution is 6.19. The van der Waals surface area contributed by atoms with Crippen LogP contribution in [0.15, 0.2) is 85.0 Å². The van der Waals surface area contributed by atoms with Gasteiger partial charge in [-0.15, -0.1) is 19.7 Å². The Balaban J connectivity index is 0.00000127. The number of fused-ring (bicyclic) bond motifs is 1. The number of carbonyl (C=O) groups is 2. The summed E-state index contributed by atoms with van der Waals surface area (Å²) in [5, 5.41) is 6.45. The number of hydrogen-bond donors (Lipinski definition) is 3. The molecule has 0 fully saturated rings. The molecule has 3 rings (SSSR count). The monoisotopic (exact) mass is 512 g/mol. The first-order chi connectivity index (χ1) is 17.5. The molecular weight excluding hydrogens is 481 g/mol. The first-order valence-corrected chi connectivity index (χ1v) is 11.1. The fraction of sp³-hybridized carbons (Fsp3) is 0.179. The van der Waals surface area contributed by atoms with Crippen LogP contribution in [0.25, 0.3) is 5.57 Å². The SMILES string of the molecule is C/C=C(C)/C=C1\C=NNC(=O)c2cc(C(=O)NCc3cccc(C(F)(F)F)c3)cc(N)c21.C=C.C=CC. The van der Waals surface area contributed by atoms with Crippen LogP contribution in [0, 0.1) is 0 Å². The van der Waals surface area contributed by atoms with Crippen molar-refractivity contribution in [3.05, 3.63) is 108 Å². The maximum absolute atomic E-state index is 12.9. The van der Waals surface area contributed by atoms with Crippen LogP contribution >= 0.6 is 0 Å². The van der Waals surface area contributed by atoms with Crippen molar-refractivity contribution in [2.24, 2.45) is 5.10 Å². The minimum atomic E-state index is -4.47. The third kappa shape index (κ3) is 8.64. The minimum Gasteiger partial charge on any atom is -0.398 e. The number of rotatable bonds is 4. The fourth-order valence-electron chi connectivity index (χ4n) is 3.16. The van der Waals surface area contributed by atoms with Crippen molar-refractivity contribution in [1.82, 2.24) is 10.7 Å². The van der Waals surface area contributed by atoms with Crippen LogP contribution in [-0.4, -0.2) is 18.0 Å². The Morgan fingerprint density at radius 2 is 1.84 bits per heavy atom. The van der Waals surface area contributed by atoms with Gasteiger partial charge in [-0.3, -0.25) is 9.59 Å². The number of nitrogens with two attached hydrogens (primary N) is 1. The number of halogens is 3. The van der Waals surface area contributed by atoms with Crippen LogP contribution in [0.5, 0.6) is 0 Å². The molecule has 0 saturated heterocycles. The lowest BCUT2D eigenvalue weighted by molar-refractivity contribution is -0.137. The molecule has 37 heavy (non-hydrogen) atoms. The van der Waals surface area contributed by atoms with Gasteiger partial charge in [-0.2, -0.15) is 18.3 Å². The van der Waals surface area contributed by atoms with Gasteiger partial charge >= 0.3 is 6.18 Å². The Morgan fingerprint density at radius 1 is 1.19 bits per heavy atom. The average molecular weight is 513 g/mol. The van der Waals surface area contributed by atoms with Crippen molar-refractivity contribution >= 4 is 29.3 Å². The second-order valence-corrected chi connectivity index (χ2v) is 7.61. The Kier molecular flexibility index (Phi) is 11.8. The first kappa shape index (κ1) is 30.6. The highest BCUT2D eigenvalue weighted by Crippen LogP contribution is 2.30. The summed E-state index contributed by atoms with van der Waals surface area (Å²) in [6.45, 7) is 14.9. The zero-order valence-corrected chi connectivity index (χ0v) is 21.1. The number of hydrazone groups is 1. The van der Waals surface area contributed by atoms with Gasteiger partial charge in [0.1, 0.15) is 0 Å². The van der Waals surface area contributed by atoms with Crippen molar-refractivity contribution < 1.29 is 22.8 Å². The van der Waals surface area contributed by atoms with Gasteiger partial charge in [0.2, 0.25) is 0 Å². The Morgan fingerprint density at radius 3 is 2.43 bits per heavy atom. The molecule has 0 spiro atoms. The molecule has 0 aliphatic carbocycles. The molecule has 196 valence electrons. The minimum absolute atomic E-state index is 0.104. The molecule has 2 aromatic rings. The van der Waals surface area contributed by atoms with Gasteiger partial charge in [0.25, 0.3) is 11.8 Å². The topological polar surface area (TPSA) is 96.6 Å². The van der Waals surface area contributed by atoms with Gasteiger partial charge < -0.3 is 11.1 Å². The van der Waals surface area contributed by atoms with Gasteiger partial charge in [0.05, 0.1) is 17.3 Å². The number of amides is 2. The summed E-state index contributed by atoms with van der Waals surface area (Å²) in [4.78, 5) is 25.1. The number of hydrogen-bond acceptors (Lipinski definition) is 4. The van der Waals surface area contributed by atoms with E-state index in [1.165, 1.54) is 30.5 Å². The maximum Gasteiger partial charge on any atom is 0.416 e. The van der Waals surface area contributed by atoms with Crippen molar-refractivity contribution in [3.8, 4) is 0 Å². The van der Waals surface area contributed by atoms with Gasteiger partial charge in [-0.1, -0.05) is 35.9 Å². The molecule has 1 aliphatic rings. The predicted molar refractivity (Wildman–Crippen MR) is 144 cm³/mol. The zero-order chi connectivity index (χ0) is 28.2. The first-order valence-electron chi connectivity index (χ1n) is 11.1. The highest BCUT2D eigenvalue weighted by Gasteiger charge is 2.30. The Labute approximate surface area is 215 Å². The molecule has 0 unspecified atom stereocenters. The van der Waals surface area contributed by atoms with E-state index in [1.807, 2.05) is 32.9 Å². The molecule has 2 aromatic carbocycles. The number of benzene rings is 2. The van der Waals surface area contributed by atoms with Crippen LogP contribution in [0.4, 0.5) is 18.9 Å². The number of anilines is 1. The third-order valence-electron chi connectivity index (χ3n) is 4.88. The largest absolute Gasteiger partial charge is 0.416 e. The summed E-state index contributed by atoms with van der Waals surface area (Å²) in [6.07, 6.45) is 2.44. The van der Waals surface area contributed by atoms with Crippen LogP contribution < -0.4 is 16.5 Å². The van der Waals surface area contributed by atoms with Crippen LogP contribution in [-0.2, 0) is 12.7 Å². The van der Waals surface area contributed by atoms with E-state index in [4.69, 9.17) is 5.73 Å². The van der Waals surface area contributed by atoms with E-state index in [0.29, 0.717) is 11.1 Å². The molecule has 6 nitrogen and oxygen atoms in total. The maximum atomic E-state index is 12.9. The van der Waals surface area contributed by atoms with Gasteiger partial charge in [0.15, 0.2) is 0 Å². The molecule has 0 atom stereocenters. The standard InChI is InChI=1S/C23H21F3N4O2.C3H6.C2H4/c1-3-13(2)7-16-12-29-30-22(32)18-9-15(10-19(27)20(16)18)21(31)28-11-14-5-4-6-17(8-14)23(24,25)26;1-3-2;1-2/h3-10,12H,11,27H2,1-2H3,(H,28,31)(H,30,32);3H,1H2,2H3;1-2H2/b13-3+,16-7+;;. The predicted octanol–water partition coefficient (Wildman–Crippen LogP) is 6.29. The van der Waals surface area contributed by atoms with E-state index in [9.17, 15) is 22.8 Å². The molecule has 0 saturated carbocycles. The number of alkyl halides is 3. The molecule has 0 aromatic heterocycles. The zero-order valence-electron chi connectivity index (χ0n) is 21.1. The summed E-state index contributed by atoms with van der Waals surface area (Å²) >= 11 is 0. The summed E-state index contributed by atoms with van der Waals surface area (Å²) in [5.74, 6) is -1.11. The summed E-state index contributed by atoms with van der Waals surface area (Å²) in [5.41, 5.74) is 10.5. The summed E-state index contributed by atoms with van der Waals surface area (Å²) in [6, 6.07) is 7.49. The molecule has 1 heterocycles. The summed E-state index contributed by atoms with van der Waals surface area (Å²) < 4.78 is 38.6. The molecule has 4 N–H and O–H groups in total. The molecule has 1 aliphatic heterocycles. The number of nitrogen functional groups attached to an aromatic ring is 1. The van der Waals surface area contributed by atoms with Crippen molar-refractivity contribution in [1.29, 1.82) is 0 Å². The van der Waals surface area contributed by atoms with Crippen LogP contribution in [0.1, 0.15) is 58.2 Å². The van der Waals surface area contributed by atoms with Gasteiger partial charge in [0, 0.05) is 28.9 Å². The Bertz CT molecular complexity index is 1230. The lowest BCUT2D eigenvalue weighted by atomic mass is 9.94. The molecule has 9 heteroatoms. The van der Waals surface area contributed by atoms with E-state index in [1.54, 1.807) is 6.08 Å². The quantitative estimate of drug-likeness (QED) is 0.332.